The zero-order valence-electron chi connectivity index (χ0n) is 9.37. The lowest BCUT2D eigenvalue weighted by atomic mass is 10.1. The summed E-state index contributed by atoms with van der Waals surface area (Å²) in [5.41, 5.74) is 7.04. The molecular formula is C11H15N3O3. The van der Waals surface area contributed by atoms with Crippen molar-refractivity contribution in [3.63, 3.8) is 0 Å². The smallest absolute Gasteiger partial charge is 0.271 e. The fourth-order valence-corrected chi connectivity index (χ4v) is 2.05. The highest BCUT2D eigenvalue weighted by atomic mass is 16.6. The van der Waals surface area contributed by atoms with Gasteiger partial charge in [0.2, 0.25) is 0 Å². The van der Waals surface area contributed by atoms with Gasteiger partial charge in [0.25, 0.3) is 5.69 Å². The van der Waals surface area contributed by atoms with Crippen LogP contribution in [0.25, 0.3) is 0 Å². The standard InChI is InChI=1S/C11H15N3O3/c12-10-7-8(14(16)17)1-2-11(10)13-5-3-9(15)4-6-13/h1-2,7,9,15H,3-6,12H2. The van der Waals surface area contributed by atoms with Crippen LogP contribution in [-0.4, -0.2) is 29.2 Å². The summed E-state index contributed by atoms with van der Waals surface area (Å²) >= 11 is 0. The molecule has 6 nitrogen and oxygen atoms in total. The normalized spacial score (nSPS) is 17.1. The molecule has 1 fully saturated rings. The number of nitro benzene ring substituents is 1. The van der Waals surface area contributed by atoms with E-state index in [1.165, 1.54) is 12.1 Å². The van der Waals surface area contributed by atoms with Crippen LogP contribution in [0.4, 0.5) is 17.1 Å². The Kier molecular flexibility index (Phi) is 3.14. The first-order valence-electron chi connectivity index (χ1n) is 5.55. The zero-order chi connectivity index (χ0) is 12.4. The number of non-ortho nitro benzene ring substituents is 1. The van der Waals surface area contributed by atoms with E-state index in [4.69, 9.17) is 5.73 Å². The van der Waals surface area contributed by atoms with Gasteiger partial charge in [-0.3, -0.25) is 10.1 Å². The Morgan fingerprint density at radius 1 is 1.41 bits per heavy atom. The summed E-state index contributed by atoms with van der Waals surface area (Å²) in [7, 11) is 0. The molecule has 0 aliphatic carbocycles. The Morgan fingerprint density at radius 2 is 2.06 bits per heavy atom. The van der Waals surface area contributed by atoms with Crippen LogP contribution in [0.15, 0.2) is 18.2 Å². The van der Waals surface area contributed by atoms with Gasteiger partial charge in [0, 0.05) is 25.2 Å². The van der Waals surface area contributed by atoms with Gasteiger partial charge in [-0.15, -0.1) is 0 Å². The maximum absolute atomic E-state index is 10.6. The molecule has 3 N–H and O–H groups in total. The van der Waals surface area contributed by atoms with E-state index in [2.05, 4.69) is 0 Å². The predicted molar refractivity (Wildman–Crippen MR) is 65.0 cm³/mol. The van der Waals surface area contributed by atoms with Crippen molar-refractivity contribution in [2.45, 2.75) is 18.9 Å². The Labute approximate surface area is 98.8 Å². The van der Waals surface area contributed by atoms with Crippen LogP contribution in [0.3, 0.4) is 0 Å². The van der Waals surface area contributed by atoms with E-state index in [-0.39, 0.29) is 11.8 Å². The van der Waals surface area contributed by atoms with Crippen LogP contribution in [0, 0.1) is 10.1 Å². The Bertz CT molecular complexity index is 428. The minimum Gasteiger partial charge on any atom is -0.397 e. The van der Waals surface area contributed by atoms with Crippen molar-refractivity contribution in [1.29, 1.82) is 0 Å². The molecule has 1 aromatic rings. The molecule has 1 aliphatic rings. The van der Waals surface area contributed by atoms with Crippen molar-refractivity contribution in [1.82, 2.24) is 0 Å². The molecule has 0 radical (unpaired) electrons. The summed E-state index contributed by atoms with van der Waals surface area (Å²) in [5.74, 6) is 0. The topological polar surface area (TPSA) is 92.6 Å². The van der Waals surface area contributed by atoms with Crippen molar-refractivity contribution < 1.29 is 10.0 Å². The molecule has 6 heteroatoms. The van der Waals surface area contributed by atoms with Crippen LogP contribution in [-0.2, 0) is 0 Å². The molecule has 0 unspecified atom stereocenters. The van der Waals surface area contributed by atoms with Gasteiger partial charge in [0.15, 0.2) is 0 Å². The first kappa shape index (κ1) is 11.7. The van der Waals surface area contributed by atoms with E-state index in [0.717, 1.165) is 18.8 Å². The lowest BCUT2D eigenvalue weighted by Crippen LogP contribution is -2.36. The van der Waals surface area contributed by atoms with Gasteiger partial charge in [0.05, 0.1) is 22.4 Å². The summed E-state index contributed by atoms with van der Waals surface area (Å²) in [5, 5.41) is 20.0. The zero-order valence-corrected chi connectivity index (χ0v) is 9.37. The molecule has 1 aliphatic heterocycles. The lowest BCUT2D eigenvalue weighted by Gasteiger charge is -2.32. The van der Waals surface area contributed by atoms with Crippen LogP contribution < -0.4 is 10.6 Å². The predicted octanol–water partition coefficient (Wildman–Crippen LogP) is 1.14. The quantitative estimate of drug-likeness (QED) is 0.457. The third-order valence-electron chi connectivity index (χ3n) is 3.03. The summed E-state index contributed by atoms with van der Waals surface area (Å²) in [6, 6.07) is 4.50. The van der Waals surface area contributed by atoms with Crippen LogP contribution in [0.2, 0.25) is 0 Å². The highest BCUT2D eigenvalue weighted by Crippen LogP contribution is 2.29. The number of hydrogen-bond acceptors (Lipinski definition) is 5. The average Bonchev–Trinajstić information content (AvgIpc) is 2.30. The van der Waals surface area contributed by atoms with Gasteiger partial charge in [-0.2, -0.15) is 0 Å². The minimum absolute atomic E-state index is 0.00305. The van der Waals surface area contributed by atoms with Crippen molar-refractivity contribution in [2.75, 3.05) is 23.7 Å². The van der Waals surface area contributed by atoms with Crippen molar-refractivity contribution >= 4 is 17.1 Å². The molecule has 0 amide bonds. The first-order chi connectivity index (χ1) is 8.08. The van der Waals surface area contributed by atoms with Crippen molar-refractivity contribution in [3.8, 4) is 0 Å². The molecule has 17 heavy (non-hydrogen) atoms. The van der Waals surface area contributed by atoms with Gasteiger partial charge in [-0.05, 0) is 18.9 Å². The van der Waals surface area contributed by atoms with Gasteiger partial charge in [-0.25, -0.2) is 0 Å². The molecule has 0 aromatic heterocycles. The number of benzene rings is 1. The molecule has 1 aromatic carbocycles. The second kappa shape index (κ2) is 4.58. The van der Waals surface area contributed by atoms with Gasteiger partial charge < -0.3 is 15.7 Å². The highest BCUT2D eigenvalue weighted by Gasteiger charge is 2.19. The van der Waals surface area contributed by atoms with Crippen LogP contribution in [0.5, 0.6) is 0 Å². The molecule has 0 bridgehead atoms. The Hall–Kier alpha value is -1.82. The van der Waals surface area contributed by atoms with Crippen LogP contribution >= 0.6 is 0 Å². The van der Waals surface area contributed by atoms with E-state index in [1.807, 2.05) is 4.90 Å². The summed E-state index contributed by atoms with van der Waals surface area (Å²) in [6.45, 7) is 1.45. The first-order valence-corrected chi connectivity index (χ1v) is 5.55. The maximum Gasteiger partial charge on any atom is 0.271 e. The molecule has 0 atom stereocenters. The molecule has 92 valence electrons. The SMILES string of the molecule is Nc1cc([N+](=O)[O-])ccc1N1CCC(O)CC1. The molecule has 1 heterocycles. The minimum atomic E-state index is -0.458. The van der Waals surface area contributed by atoms with Crippen molar-refractivity contribution in [2.24, 2.45) is 0 Å². The molecule has 1 saturated heterocycles. The van der Waals surface area contributed by atoms with E-state index in [1.54, 1.807) is 6.07 Å². The van der Waals surface area contributed by atoms with Gasteiger partial charge >= 0.3 is 0 Å². The molecular weight excluding hydrogens is 222 g/mol. The number of aliphatic hydroxyl groups excluding tert-OH is 1. The number of piperidine rings is 1. The third kappa shape index (κ3) is 2.47. The Morgan fingerprint density at radius 3 is 2.59 bits per heavy atom. The number of aliphatic hydroxyl groups is 1. The van der Waals surface area contributed by atoms with E-state index in [0.29, 0.717) is 18.5 Å². The summed E-state index contributed by atoms with van der Waals surface area (Å²) in [6.07, 6.45) is 1.16. The largest absolute Gasteiger partial charge is 0.397 e. The number of nitrogens with two attached hydrogens (primary N) is 1. The molecule has 0 saturated carbocycles. The van der Waals surface area contributed by atoms with Crippen molar-refractivity contribution in [3.05, 3.63) is 28.3 Å². The number of anilines is 2. The summed E-state index contributed by atoms with van der Waals surface area (Å²) in [4.78, 5) is 12.2. The Balaban J connectivity index is 2.19. The fourth-order valence-electron chi connectivity index (χ4n) is 2.05. The van der Waals surface area contributed by atoms with E-state index in [9.17, 15) is 15.2 Å². The number of rotatable bonds is 2. The molecule has 2 rings (SSSR count). The summed E-state index contributed by atoms with van der Waals surface area (Å²) < 4.78 is 0. The van der Waals surface area contributed by atoms with Gasteiger partial charge in [0.1, 0.15) is 0 Å². The monoisotopic (exact) mass is 237 g/mol. The highest BCUT2D eigenvalue weighted by molar-refractivity contribution is 5.70. The lowest BCUT2D eigenvalue weighted by molar-refractivity contribution is -0.384. The average molecular weight is 237 g/mol. The number of nitrogen functional groups attached to an aromatic ring is 1. The number of hydrogen-bond donors (Lipinski definition) is 2. The van der Waals surface area contributed by atoms with E-state index < -0.39 is 4.92 Å². The fraction of sp³-hybridized carbons (Fsp3) is 0.455. The number of nitrogens with zero attached hydrogens (tertiary/aromatic N) is 2. The maximum atomic E-state index is 10.6. The second-order valence-corrected chi connectivity index (χ2v) is 4.22. The van der Waals surface area contributed by atoms with E-state index >= 15 is 0 Å². The van der Waals surface area contributed by atoms with Gasteiger partial charge in [-0.1, -0.05) is 0 Å². The number of nitro groups is 1. The van der Waals surface area contributed by atoms with Crippen LogP contribution in [0.1, 0.15) is 12.8 Å². The second-order valence-electron chi connectivity index (χ2n) is 4.22. The third-order valence-corrected chi connectivity index (χ3v) is 3.03. The molecule has 0 spiro atoms.